The third-order valence-corrected chi connectivity index (χ3v) is 4.02. The van der Waals surface area contributed by atoms with E-state index in [0.29, 0.717) is 17.9 Å². The summed E-state index contributed by atoms with van der Waals surface area (Å²) in [5.74, 6) is -0.324. The highest BCUT2D eigenvalue weighted by Gasteiger charge is 2.17. The third kappa shape index (κ3) is 4.51. The summed E-state index contributed by atoms with van der Waals surface area (Å²) in [5, 5.41) is 0.245. The number of carbonyl (C=O) groups is 2. The van der Waals surface area contributed by atoms with Crippen LogP contribution in [-0.4, -0.2) is 32.1 Å². The number of para-hydroxylation sites is 1. The van der Waals surface area contributed by atoms with Crippen molar-refractivity contribution in [2.75, 3.05) is 25.2 Å². The fraction of sp³-hybridized carbons (Fsp3) is 0.263. The first-order valence-corrected chi connectivity index (χ1v) is 8.22. The average Bonchev–Trinajstić information content (AvgIpc) is 2.62. The minimum absolute atomic E-state index is 0.153. The van der Waals surface area contributed by atoms with Gasteiger partial charge in [0.2, 0.25) is 0 Å². The second-order valence-electron chi connectivity index (χ2n) is 5.35. The summed E-state index contributed by atoms with van der Waals surface area (Å²) < 4.78 is 10.2. The minimum Gasteiger partial charge on any atom is -0.482 e. The molecule has 0 radical (unpaired) electrons. The number of ether oxygens (including phenoxy) is 2. The van der Waals surface area contributed by atoms with Gasteiger partial charge in [-0.2, -0.15) is 0 Å². The Hall–Kier alpha value is -2.53. The number of halogens is 1. The number of anilines is 1. The van der Waals surface area contributed by atoms with E-state index < -0.39 is 5.97 Å². The van der Waals surface area contributed by atoms with E-state index in [4.69, 9.17) is 16.3 Å². The molecule has 0 aliphatic rings. The predicted octanol–water partition coefficient (Wildman–Crippen LogP) is 3.87. The lowest BCUT2D eigenvalue weighted by Crippen LogP contribution is -2.35. The van der Waals surface area contributed by atoms with Gasteiger partial charge in [-0.25, -0.2) is 4.79 Å². The highest BCUT2D eigenvalue weighted by molar-refractivity contribution is 6.32. The maximum Gasteiger partial charge on any atom is 0.337 e. The molecule has 2 rings (SSSR count). The highest BCUT2D eigenvalue weighted by atomic mass is 35.5. The Morgan fingerprint density at radius 3 is 2.48 bits per heavy atom. The molecule has 0 bridgehead atoms. The molecule has 0 aliphatic heterocycles. The molecule has 2 aromatic carbocycles. The molecule has 0 unspecified atom stereocenters. The van der Waals surface area contributed by atoms with Crippen LogP contribution in [0.2, 0.25) is 5.02 Å². The maximum atomic E-state index is 12.5. The van der Waals surface area contributed by atoms with Crippen molar-refractivity contribution < 1.29 is 19.1 Å². The van der Waals surface area contributed by atoms with Crippen molar-refractivity contribution >= 4 is 29.2 Å². The monoisotopic (exact) mass is 361 g/mol. The van der Waals surface area contributed by atoms with E-state index in [1.807, 2.05) is 38.1 Å². The number of rotatable bonds is 6. The summed E-state index contributed by atoms with van der Waals surface area (Å²) in [7, 11) is 1.30. The largest absolute Gasteiger partial charge is 0.482 e. The molecule has 1 amide bonds. The van der Waals surface area contributed by atoms with Crippen LogP contribution in [0.25, 0.3) is 0 Å². The van der Waals surface area contributed by atoms with Crippen molar-refractivity contribution in [3.8, 4) is 5.75 Å². The van der Waals surface area contributed by atoms with Crippen molar-refractivity contribution in [2.24, 2.45) is 0 Å². The average molecular weight is 362 g/mol. The molecule has 0 saturated heterocycles. The Morgan fingerprint density at radius 2 is 1.88 bits per heavy atom. The van der Waals surface area contributed by atoms with Crippen LogP contribution in [0.5, 0.6) is 5.75 Å². The van der Waals surface area contributed by atoms with Crippen molar-refractivity contribution in [1.82, 2.24) is 0 Å². The molecule has 0 heterocycles. The van der Waals surface area contributed by atoms with E-state index >= 15 is 0 Å². The van der Waals surface area contributed by atoms with Crippen molar-refractivity contribution in [1.29, 1.82) is 0 Å². The molecule has 0 N–H and O–H groups in total. The number of methoxy groups -OCH3 is 1. The lowest BCUT2D eigenvalue weighted by Gasteiger charge is -2.23. The molecule has 0 fully saturated rings. The first kappa shape index (κ1) is 18.8. The molecule has 25 heavy (non-hydrogen) atoms. The summed E-state index contributed by atoms with van der Waals surface area (Å²) in [6.07, 6.45) is 0. The summed E-state index contributed by atoms with van der Waals surface area (Å²) in [6.45, 7) is 4.23. The second kappa shape index (κ2) is 8.53. The van der Waals surface area contributed by atoms with Gasteiger partial charge in [0.25, 0.3) is 5.91 Å². The zero-order chi connectivity index (χ0) is 18.4. The predicted molar refractivity (Wildman–Crippen MR) is 97.5 cm³/mol. The van der Waals surface area contributed by atoms with Crippen LogP contribution in [0.3, 0.4) is 0 Å². The lowest BCUT2D eigenvalue weighted by molar-refractivity contribution is -0.120. The van der Waals surface area contributed by atoms with Crippen LogP contribution in [0.15, 0.2) is 42.5 Å². The van der Waals surface area contributed by atoms with Crippen LogP contribution in [0, 0.1) is 6.92 Å². The number of nitrogens with zero attached hydrogens (tertiary/aromatic N) is 1. The van der Waals surface area contributed by atoms with Gasteiger partial charge in [0.05, 0.1) is 17.7 Å². The number of carbonyl (C=O) groups excluding carboxylic acids is 2. The smallest absolute Gasteiger partial charge is 0.337 e. The van der Waals surface area contributed by atoms with Gasteiger partial charge in [-0.15, -0.1) is 0 Å². The Bertz CT molecular complexity index is 776. The minimum atomic E-state index is -0.485. The number of amides is 1. The van der Waals surface area contributed by atoms with Gasteiger partial charge in [-0.05, 0) is 43.7 Å². The van der Waals surface area contributed by atoms with Gasteiger partial charge < -0.3 is 14.4 Å². The molecular weight excluding hydrogens is 342 g/mol. The van der Waals surface area contributed by atoms with Gasteiger partial charge in [0.1, 0.15) is 5.75 Å². The van der Waals surface area contributed by atoms with Gasteiger partial charge in [-0.1, -0.05) is 29.8 Å². The lowest BCUT2D eigenvalue weighted by atomic mass is 10.2. The Balaban J connectivity index is 2.08. The van der Waals surface area contributed by atoms with Crippen LogP contribution < -0.4 is 9.64 Å². The Morgan fingerprint density at radius 1 is 1.16 bits per heavy atom. The third-order valence-electron chi connectivity index (χ3n) is 3.73. The zero-order valence-corrected chi connectivity index (χ0v) is 15.2. The van der Waals surface area contributed by atoms with Crippen LogP contribution >= 0.6 is 11.6 Å². The summed E-state index contributed by atoms with van der Waals surface area (Å²) in [6, 6.07) is 12.2. The Labute approximate surface area is 152 Å². The molecule has 2 aromatic rings. The molecule has 0 aliphatic carbocycles. The zero-order valence-electron chi connectivity index (χ0n) is 14.4. The van der Waals surface area contributed by atoms with Crippen LogP contribution in [0.4, 0.5) is 5.69 Å². The fourth-order valence-corrected chi connectivity index (χ4v) is 2.66. The van der Waals surface area contributed by atoms with E-state index in [2.05, 4.69) is 4.74 Å². The van der Waals surface area contributed by atoms with Gasteiger partial charge >= 0.3 is 5.97 Å². The van der Waals surface area contributed by atoms with Crippen molar-refractivity contribution in [3.05, 3.63) is 58.6 Å². The van der Waals surface area contributed by atoms with E-state index in [-0.39, 0.29) is 17.5 Å². The molecule has 6 heteroatoms. The van der Waals surface area contributed by atoms with E-state index in [1.165, 1.54) is 19.2 Å². The van der Waals surface area contributed by atoms with E-state index in [1.54, 1.807) is 11.0 Å². The van der Waals surface area contributed by atoms with Crippen molar-refractivity contribution in [2.45, 2.75) is 13.8 Å². The summed E-state index contributed by atoms with van der Waals surface area (Å²) >= 11 is 6.11. The van der Waals surface area contributed by atoms with Crippen LogP contribution in [-0.2, 0) is 9.53 Å². The molecule has 0 spiro atoms. The number of likely N-dealkylation sites (N-methyl/N-ethyl adjacent to an activating group) is 1. The SMILES string of the molecule is CCN(C(=O)COc1ccc(C(=O)OC)cc1Cl)c1ccccc1C. The van der Waals surface area contributed by atoms with E-state index in [9.17, 15) is 9.59 Å². The van der Waals surface area contributed by atoms with Gasteiger partial charge in [0, 0.05) is 12.2 Å². The standard InChI is InChI=1S/C19H20ClNO4/c1-4-21(16-8-6-5-7-13(16)2)18(22)12-25-17-10-9-14(11-15(17)20)19(23)24-3/h5-11H,4,12H2,1-3H3. The van der Waals surface area contributed by atoms with Crippen LogP contribution in [0.1, 0.15) is 22.8 Å². The first-order chi connectivity index (χ1) is 12.0. The quantitative estimate of drug-likeness (QED) is 0.733. The van der Waals surface area contributed by atoms with Gasteiger partial charge in [0.15, 0.2) is 6.61 Å². The number of esters is 1. The molecule has 0 saturated carbocycles. The van der Waals surface area contributed by atoms with Gasteiger partial charge in [-0.3, -0.25) is 4.79 Å². The number of hydrogen-bond donors (Lipinski definition) is 0. The number of hydrogen-bond acceptors (Lipinski definition) is 4. The fourth-order valence-electron chi connectivity index (χ4n) is 2.43. The normalized spacial score (nSPS) is 10.2. The van der Waals surface area contributed by atoms with E-state index in [0.717, 1.165) is 11.3 Å². The molecule has 0 aromatic heterocycles. The maximum absolute atomic E-state index is 12.5. The molecule has 132 valence electrons. The van der Waals surface area contributed by atoms with Crippen molar-refractivity contribution in [3.63, 3.8) is 0 Å². The molecular formula is C19H20ClNO4. The number of aryl methyl sites for hydroxylation is 1. The second-order valence-corrected chi connectivity index (χ2v) is 5.76. The number of benzene rings is 2. The molecule has 0 atom stereocenters. The topological polar surface area (TPSA) is 55.8 Å². The first-order valence-electron chi connectivity index (χ1n) is 7.84. The Kier molecular flexibility index (Phi) is 6.42. The highest BCUT2D eigenvalue weighted by Crippen LogP contribution is 2.26. The summed E-state index contributed by atoms with van der Waals surface area (Å²) in [4.78, 5) is 25.7. The molecule has 5 nitrogen and oxygen atoms in total. The summed E-state index contributed by atoms with van der Waals surface area (Å²) in [5.41, 5.74) is 2.19.